The second kappa shape index (κ2) is 8.48. The van der Waals surface area contributed by atoms with Gasteiger partial charge in [-0.15, -0.1) is 0 Å². The van der Waals surface area contributed by atoms with E-state index in [1.807, 2.05) is 0 Å². The molecule has 0 radical (unpaired) electrons. The van der Waals surface area contributed by atoms with Gasteiger partial charge in [0.1, 0.15) is 16.4 Å². The van der Waals surface area contributed by atoms with Crippen molar-refractivity contribution < 1.29 is 13.2 Å². The van der Waals surface area contributed by atoms with Crippen molar-refractivity contribution in [1.82, 2.24) is 19.9 Å². The molecule has 0 saturated carbocycles. The molecule has 9 heteroatoms. The van der Waals surface area contributed by atoms with Crippen LogP contribution < -0.4 is 4.90 Å². The minimum Gasteiger partial charge on any atom is -0.355 e. The monoisotopic (exact) mass is 493 g/mol. The lowest BCUT2D eigenvalue weighted by atomic mass is 9.76. The first-order valence-electron chi connectivity index (χ1n) is 11.5. The summed E-state index contributed by atoms with van der Waals surface area (Å²) in [6.07, 6.45) is 2.86. The molecular weight excluding hydrogens is 471 g/mol. The van der Waals surface area contributed by atoms with Gasteiger partial charge in [-0.1, -0.05) is 36.0 Å². The van der Waals surface area contributed by atoms with Crippen molar-refractivity contribution in [3.05, 3.63) is 77.7 Å². The summed E-state index contributed by atoms with van der Waals surface area (Å²) in [6, 6.07) is 15.1. The zero-order chi connectivity index (χ0) is 24.0. The van der Waals surface area contributed by atoms with Crippen molar-refractivity contribution in [2.45, 2.75) is 41.8 Å². The van der Waals surface area contributed by atoms with E-state index in [1.54, 1.807) is 18.3 Å². The lowest BCUT2D eigenvalue weighted by molar-refractivity contribution is -0.143. The van der Waals surface area contributed by atoms with Crippen LogP contribution in [0.1, 0.15) is 29.7 Å². The molecule has 4 aromatic rings. The zero-order valence-corrected chi connectivity index (χ0v) is 19.6. The van der Waals surface area contributed by atoms with Crippen molar-refractivity contribution in [1.29, 1.82) is 0 Å². The Hall–Kier alpha value is -3.20. The number of benzene rings is 1. The van der Waals surface area contributed by atoms with Gasteiger partial charge >= 0.3 is 6.18 Å². The Morgan fingerprint density at radius 1 is 0.857 bits per heavy atom. The van der Waals surface area contributed by atoms with Crippen LogP contribution in [0.25, 0.3) is 11.2 Å². The van der Waals surface area contributed by atoms with Gasteiger partial charge in [-0.25, -0.2) is 15.0 Å². The molecule has 0 unspecified atom stereocenters. The van der Waals surface area contributed by atoms with E-state index in [-0.39, 0.29) is 4.90 Å². The van der Waals surface area contributed by atoms with Gasteiger partial charge in [-0.3, -0.25) is 4.98 Å². The molecule has 1 aliphatic carbocycles. The van der Waals surface area contributed by atoms with E-state index in [0.29, 0.717) is 21.6 Å². The third-order valence-corrected chi connectivity index (χ3v) is 8.00. The second-order valence-corrected chi connectivity index (χ2v) is 10.3. The molecule has 1 aromatic carbocycles. The van der Waals surface area contributed by atoms with E-state index in [4.69, 9.17) is 4.98 Å². The van der Waals surface area contributed by atoms with Gasteiger partial charge in [-0.2, -0.15) is 13.2 Å². The van der Waals surface area contributed by atoms with Crippen LogP contribution >= 0.6 is 11.8 Å². The van der Waals surface area contributed by atoms with Gasteiger partial charge in [0.15, 0.2) is 11.3 Å². The number of aromatic nitrogens is 4. The Bertz CT molecular complexity index is 1370. The molecule has 3 aromatic heterocycles. The molecule has 178 valence electrons. The maximum atomic E-state index is 13.3. The number of halogens is 3. The summed E-state index contributed by atoms with van der Waals surface area (Å²) < 4.78 is 39.8. The first kappa shape index (κ1) is 22.3. The molecular formula is C26H22F3N5S. The lowest BCUT2D eigenvalue weighted by Gasteiger charge is -2.39. The highest BCUT2D eigenvalue weighted by molar-refractivity contribution is 7.99. The normalized spacial score (nSPS) is 17.2. The molecule has 1 aliphatic heterocycles. The Labute approximate surface area is 204 Å². The molecule has 1 fully saturated rings. The van der Waals surface area contributed by atoms with E-state index in [9.17, 15) is 13.2 Å². The molecule has 0 amide bonds. The fraction of sp³-hybridized carbons (Fsp3) is 0.308. The lowest BCUT2D eigenvalue weighted by Crippen LogP contribution is -2.41. The standard InChI is InChI=1S/C26H22F3N5S/c27-26(28,29)23-20(6-3-11-30-23)35-22-8-7-19-24(33-22)31-16-21(32-19)34-12-9-25(10-13-34)14-17-4-1-2-5-18(17)15-25/h1-8,11,16H,9-10,12-15H2. The molecule has 0 bridgehead atoms. The predicted molar refractivity (Wildman–Crippen MR) is 128 cm³/mol. The summed E-state index contributed by atoms with van der Waals surface area (Å²) in [5.74, 6) is 0.816. The fourth-order valence-electron chi connectivity index (χ4n) is 5.22. The van der Waals surface area contributed by atoms with Crippen LogP contribution in [0.4, 0.5) is 19.0 Å². The van der Waals surface area contributed by atoms with Crippen LogP contribution in [0.2, 0.25) is 0 Å². The third-order valence-electron chi connectivity index (χ3n) is 7.02. The second-order valence-electron chi connectivity index (χ2n) is 9.28. The summed E-state index contributed by atoms with van der Waals surface area (Å²) in [6.45, 7) is 1.85. The van der Waals surface area contributed by atoms with Crippen LogP contribution in [0.15, 0.2) is 70.8 Å². The summed E-state index contributed by atoms with van der Waals surface area (Å²) in [7, 11) is 0. The van der Waals surface area contributed by atoms with Gasteiger partial charge in [0.25, 0.3) is 0 Å². The molecule has 2 aliphatic rings. The maximum absolute atomic E-state index is 13.3. The van der Waals surface area contributed by atoms with Gasteiger partial charge in [0.2, 0.25) is 0 Å². The number of rotatable bonds is 3. The smallest absolute Gasteiger partial charge is 0.355 e. The largest absolute Gasteiger partial charge is 0.434 e. The first-order valence-corrected chi connectivity index (χ1v) is 12.4. The van der Waals surface area contributed by atoms with Gasteiger partial charge < -0.3 is 4.90 Å². The Balaban J connectivity index is 1.17. The number of hydrogen-bond acceptors (Lipinski definition) is 6. The van der Waals surface area contributed by atoms with E-state index in [1.165, 1.54) is 23.3 Å². The fourth-order valence-corrected chi connectivity index (χ4v) is 6.13. The Morgan fingerprint density at radius 2 is 1.60 bits per heavy atom. The molecule has 6 rings (SSSR count). The number of anilines is 1. The minimum absolute atomic E-state index is 0.00717. The van der Waals surface area contributed by atoms with Gasteiger partial charge in [0, 0.05) is 24.2 Å². The van der Waals surface area contributed by atoms with Crippen LogP contribution in [-0.4, -0.2) is 33.0 Å². The van der Waals surface area contributed by atoms with Crippen LogP contribution in [0, 0.1) is 5.41 Å². The quantitative estimate of drug-likeness (QED) is 0.350. The van der Waals surface area contributed by atoms with Crippen molar-refractivity contribution >= 4 is 28.7 Å². The summed E-state index contributed by atoms with van der Waals surface area (Å²) >= 11 is 0.922. The van der Waals surface area contributed by atoms with Gasteiger partial charge in [0.05, 0.1) is 6.20 Å². The zero-order valence-electron chi connectivity index (χ0n) is 18.8. The van der Waals surface area contributed by atoms with Crippen molar-refractivity contribution in [3.8, 4) is 0 Å². The molecule has 4 heterocycles. The van der Waals surface area contributed by atoms with Crippen molar-refractivity contribution in [2.24, 2.45) is 5.41 Å². The summed E-state index contributed by atoms with van der Waals surface area (Å²) in [5.41, 5.74) is 3.44. The highest BCUT2D eigenvalue weighted by atomic mass is 32.2. The molecule has 1 spiro atoms. The number of alkyl halides is 3. The number of pyridine rings is 2. The maximum Gasteiger partial charge on any atom is 0.434 e. The van der Waals surface area contributed by atoms with Crippen molar-refractivity contribution in [3.63, 3.8) is 0 Å². The molecule has 5 nitrogen and oxygen atoms in total. The molecule has 0 N–H and O–H groups in total. The van der Waals surface area contributed by atoms with Crippen LogP contribution in [0.5, 0.6) is 0 Å². The topological polar surface area (TPSA) is 54.8 Å². The molecule has 0 atom stereocenters. The number of fused-ring (bicyclic) bond motifs is 2. The van der Waals surface area contributed by atoms with Gasteiger partial charge in [-0.05, 0) is 66.5 Å². The van der Waals surface area contributed by atoms with Crippen molar-refractivity contribution in [2.75, 3.05) is 18.0 Å². The average Bonchev–Trinajstić information content (AvgIpc) is 3.21. The Kier molecular flexibility index (Phi) is 5.40. The van der Waals surface area contributed by atoms with E-state index < -0.39 is 11.9 Å². The van der Waals surface area contributed by atoms with E-state index in [2.05, 4.69) is 44.1 Å². The predicted octanol–water partition coefficient (Wildman–Crippen LogP) is 5.98. The SMILES string of the molecule is FC(F)(F)c1ncccc1Sc1ccc2nc(N3CCC4(CC3)Cc3ccccc3C4)cnc2n1. The van der Waals surface area contributed by atoms with E-state index in [0.717, 1.165) is 62.5 Å². The number of nitrogens with zero attached hydrogens (tertiary/aromatic N) is 5. The molecule has 1 saturated heterocycles. The first-order chi connectivity index (χ1) is 16.9. The van der Waals surface area contributed by atoms with E-state index >= 15 is 0 Å². The number of hydrogen-bond donors (Lipinski definition) is 0. The minimum atomic E-state index is -4.52. The summed E-state index contributed by atoms with van der Waals surface area (Å²) in [4.78, 5) is 19.5. The summed E-state index contributed by atoms with van der Waals surface area (Å²) in [5, 5.41) is 0.416. The van der Waals surface area contributed by atoms with Crippen LogP contribution in [-0.2, 0) is 19.0 Å². The highest BCUT2D eigenvalue weighted by Gasteiger charge is 2.40. The third kappa shape index (κ3) is 4.33. The average molecular weight is 494 g/mol. The highest BCUT2D eigenvalue weighted by Crippen LogP contribution is 2.45. The Morgan fingerprint density at radius 3 is 2.31 bits per heavy atom. The molecule has 35 heavy (non-hydrogen) atoms. The number of piperidine rings is 1. The van der Waals surface area contributed by atoms with Crippen LogP contribution in [0.3, 0.4) is 0 Å².